The molecule has 0 saturated heterocycles. The van der Waals surface area contributed by atoms with E-state index in [1.54, 1.807) is 0 Å². The van der Waals surface area contributed by atoms with E-state index in [4.69, 9.17) is 20.4 Å². The molecule has 0 aliphatic rings. The van der Waals surface area contributed by atoms with Crippen LogP contribution in [0, 0.1) is 0 Å². The molecule has 0 aromatic heterocycles. The molecule has 0 aliphatic heterocycles. The molecule has 11 heavy (non-hydrogen) atoms. The van der Waals surface area contributed by atoms with Crippen molar-refractivity contribution < 1.29 is 42.6 Å². The van der Waals surface area contributed by atoms with Crippen LogP contribution < -0.4 is 0 Å². The number of carbonyl (C=O) groups is 1. The topological polar surface area (TPSA) is 98.0 Å². The molecule has 0 aromatic rings. The van der Waals surface area contributed by atoms with Crippen molar-refractivity contribution in [2.45, 2.75) is 18.3 Å². The number of carbonyl (C=O) groups excluding carboxylic acids is 1. The quantitative estimate of drug-likeness (QED) is 0.371. The van der Waals surface area contributed by atoms with Gasteiger partial charge in [0.15, 0.2) is 6.29 Å². The standard InChI is InChI=1S/C5H10O5.Cr/c6-1-3(8)5(10)4(9)2-7;/h1,3-5,7-10H,2H2;/t3-,4+,5-;/m0./s1. The predicted octanol–water partition coefficient (Wildman–Crippen LogP) is -2.74. The summed E-state index contributed by atoms with van der Waals surface area (Å²) >= 11 is 0. The number of aliphatic hydroxyl groups is 4. The number of hydrogen-bond acceptors (Lipinski definition) is 5. The van der Waals surface area contributed by atoms with E-state index in [1.165, 1.54) is 0 Å². The van der Waals surface area contributed by atoms with Gasteiger partial charge in [0.05, 0.1) is 6.61 Å². The van der Waals surface area contributed by atoms with Crippen molar-refractivity contribution in [3.63, 3.8) is 0 Å². The van der Waals surface area contributed by atoms with Gasteiger partial charge >= 0.3 is 0 Å². The van der Waals surface area contributed by atoms with Gasteiger partial charge < -0.3 is 25.2 Å². The Morgan fingerprint density at radius 3 is 2.00 bits per heavy atom. The van der Waals surface area contributed by atoms with Gasteiger partial charge in [0, 0.05) is 17.4 Å². The molecule has 4 N–H and O–H groups in total. The summed E-state index contributed by atoms with van der Waals surface area (Å²) in [7, 11) is 0. The van der Waals surface area contributed by atoms with Gasteiger partial charge in [-0.2, -0.15) is 0 Å². The molecule has 3 atom stereocenters. The van der Waals surface area contributed by atoms with Gasteiger partial charge in [-0.1, -0.05) is 0 Å². The monoisotopic (exact) mass is 202 g/mol. The molecule has 0 spiro atoms. The minimum absolute atomic E-state index is 0. The Kier molecular flexibility index (Phi) is 8.34. The average molecular weight is 202 g/mol. The first-order valence-corrected chi connectivity index (χ1v) is 2.73. The molecule has 6 heteroatoms. The van der Waals surface area contributed by atoms with Crippen LogP contribution in [0.2, 0.25) is 0 Å². The van der Waals surface area contributed by atoms with Crippen molar-refractivity contribution in [1.82, 2.24) is 0 Å². The first-order chi connectivity index (χ1) is 4.63. The van der Waals surface area contributed by atoms with E-state index in [0.29, 0.717) is 0 Å². The Hall–Kier alpha value is 0.0425. The molecule has 66 valence electrons. The van der Waals surface area contributed by atoms with Crippen molar-refractivity contribution in [3.8, 4) is 0 Å². The van der Waals surface area contributed by atoms with Gasteiger partial charge in [-0.15, -0.1) is 0 Å². The Balaban J connectivity index is 0. The summed E-state index contributed by atoms with van der Waals surface area (Å²) < 4.78 is 0. The van der Waals surface area contributed by atoms with Crippen LogP contribution in [0.3, 0.4) is 0 Å². The third kappa shape index (κ3) is 4.48. The molecular weight excluding hydrogens is 192 g/mol. The molecule has 0 aliphatic carbocycles. The summed E-state index contributed by atoms with van der Waals surface area (Å²) in [6.45, 7) is -0.688. The second kappa shape index (κ2) is 6.73. The fourth-order valence-corrected chi connectivity index (χ4v) is 0.416. The molecular formula is C5H10CrO5. The molecule has 0 amide bonds. The van der Waals surface area contributed by atoms with Crippen molar-refractivity contribution in [2.24, 2.45) is 0 Å². The Morgan fingerprint density at radius 1 is 1.27 bits per heavy atom. The number of rotatable bonds is 4. The first kappa shape index (κ1) is 13.6. The zero-order valence-corrected chi connectivity index (χ0v) is 6.90. The van der Waals surface area contributed by atoms with E-state index in [9.17, 15) is 4.79 Å². The molecule has 0 aromatic carbocycles. The van der Waals surface area contributed by atoms with Gasteiger partial charge in [0.1, 0.15) is 18.3 Å². The van der Waals surface area contributed by atoms with E-state index in [1.807, 2.05) is 0 Å². The fourth-order valence-electron chi connectivity index (χ4n) is 0.416. The van der Waals surface area contributed by atoms with Crippen LogP contribution in [0.15, 0.2) is 0 Å². The zero-order valence-electron chi connectivity index (χ0n) is 5.62. The van der Waals surface area contributed by atoms with Crippen LogP contribution in [-0.4, -0.2) is 51.6 Å². The van der Waals surface area contributed by atoms with Crippen LogP contribution >= 0.6 is 0 Å². The number of aldehydes is 1. The van der Waals surface area contributed by atoms with Gasteiger partial charge in [-0.25, -0.2) is 0 Å². The minimum atomic E-state index is -1.64. The normalized spacial score (nSPS) is 17.8. The summed E-state index contributed by atoms with van der Waals surface area (Å²) in [4.78, 5) is 9.76. The number of hydrogen-bond donors (Lipinski definition) is 4. The van der Waals surface area contributed by atoms with Gasteiger partial charge in [-0.05, 0) is 0 Å². The summed E-state index contributed by atoms with van der Waals surface area (Å²) in [6.07, 6.45) is -4.63. The maximum Gasteiger partial charge on any atom is 0.151 e. The van der Waals surface area contributed by atoms with Gasteiger partial charge in [-0.3, -0.25) is 0 Å². The van der Waals surface area contributed by atoms with Crippen LogP contribution in [-0.2, 0) is 22.2 Å². The van der Waals surface area contributed by atoms with Crippen LogP contribution in [0.25, 0.3) is 0 Å². The third-order valence-corrected chi connectivity index (χ3v) is 1.07. The molecule has 0 radical (unpaired) electrons. The van der Waals surface area contributed by atoms with Crippen molar-refractivity contribution >= 4 is 6.29 Å². The second-order valence-electron chi connectivity index (χ2n) is 1.87. The van der Waals surface area contributed by atoms with Crippen molar-refractivity contribution in [2.75, 3.05) is 6.61 Å². The molecule has 0 bridgehead atoms. The first-order valence-electron chi connectivity index (χ1n) is 2.73. The van der Waals surface area contributed by atoms with E-state index in [-0.39, 0.29) is 23.6 Å². The van der Waals surface area contributed by atoms with E-state index >= 15 is 0 Å². The van der Waals surface area contributed by atoms with Crippen molar-refractivity contribution in [3.05, 3.63) is 0 Å². The van der Waals surface area contributed by atoms with Crippen LogP contribution in [0.1, 0.15) is 0 Å². The fraction of sp³-hybridized carbons (Fsp3) is 0.800. The molecule has 0 saturated carbocycles. The SMILES string of the molecule is O=C[C@H](O)[C@H](O)[C@H](O)CO.[Cr]. The largest absolute Gasteiger partial charge is 0.394 e. The molecule has 0 rings (SSSR count). The van der Waals surface area contributed by atoms with Crippen LogP contribution in [0.4, 0.5) is 0 Å². The maximum absolute atomic E-state index is 9.76. The Morgan fingerprint density at radius 2 is 1.73 bits per heavy atom. The summed E-state index contributed by atoms with van der Waals surface area (Å²) in [5.41, 5.74) is 0. The van der Waals surface area contributed by atoms with Gasteiger partial charge in [0.2, 0.25) is 0 Å². The maximum atomic E-state index is 9.76. The van der Waals surface area contributed by atoms with Crippen LogP contribution in [0.5, 0.6) is 0 Å². The summed E-state index contributed by atoms with van der Waals surface area (Å²) in [6, 6.07) is 0. The van der Waals surface area contributed by atoms with Crippen molar-refractivity contribution in [1.29, 1.82) is 0 Å². The third-order valence-electron chi connectivity index (χ3n) is 1.07. The molecule has 0 fully saturated rings. The van der Waals surface area contributed by atoms with E-state index < -0.39 is 24.9 Å². The second-order valence-corrected chi connectivity index (χ2v) is 1.87. The predicted molar refractivity (Wildman–Crippen MR) is 31.2 cm³/mol. The zero-order chi connectivity index (χ0) is 8.15. The molecule has 0 heterocycles. The number of aliphatic hydroxyl groups excluding tert-OH is 4. The average Bonchev–Trinajstić information content (AvgIpc) is 2.00. The summed E-state index contributed by atoms with van der Waals surface area (Å²) in [5, 5.41) is 34.1. The summed E-state index contributed by atoms with van der Waals surface area (Å²) in [5.74, 6) is 0. The van der Waals surface area contributed by atoms with E-state index in [2.05, 4.69) is 0 Å². The van der Waals surface area contributed by atoms with Gasteiger partial charge in [0.25, 0.3) is 0 Å². The smallest absolute Gasteiger partial charge is 0.151 e. The Labute approximate surface area is 74.4 Å². The van der Waals surface area contributed by atoms with E-state index in [0.717, 1.165) is 0 Å². The Bertz CT molecular complexity index is 109. The molecule has 0 unspecified atom stereocenters. The minimum Gasteiger partial charge on any atom is -0.394 e. The molecule has 5 nitrogen and oxygen atoms in total.